The van der Waals surface area contributed by atoms with Gasteiger partial charge < -0.3 is 0 Å². The van der Waals surface area contributed by atoms with Crippen LogP contribution in [0.1, 0.15) is 0 Å². The number of hydrogen-bond donors (Lipinski definition) is 0. The molecule has 0 nitrogen and oxygen atoms in total. The third-order valence-electron chi connectivity index (χ3n) is 0. The summed E-state index contributed by atoms with van der Waals surface area (Å²) in [5.41, 5.74) is 0. The zero-order valence-corrected chi connectivity index (χ0v) is 9.90. The zero-order chi connectivity index (χ0) is 0. The second-order valence-corrected chi connectivity index (χ2v) is 0. The fourth-order valence-corrected chi connectivity index (χ4v) is 0. The van der Waals surface area contributed by atoms with Crippen LogP contribution in [0.2, 0.25) is 0 Å². The minimum absolute atomic E-state index is 0. The Morgan fingerprint density at radius 2 is 1.00 bits per heavy atom. The molecule has 0 saturated heterocycles. The Hall–Kier alpha value is 3.02. The molecular formula is H6AlMnScSiZr. The van der Waals surface area contributed by atoms with Crippen molar-refractivity contribution in [3.05, 3.63) is 0 Å². The maximum Gasteiger partial charge on any atom is 0.187 e. The minimum atomic E-state index is 0. The van der Waals surface area contributed by atoms with E-state index in [4.69, 9.17) is 0 Å². The van der Waals surface area contributed by atoms with E-state index in [-0.39, 0.29) is 97.4 Å². The number of rotatable bonds is 0. The molecule has 5 heteroatoms. The van der Waals surface area contributed by atoms with Crippen molar-refractivity contribution in [2.45, 2.75) is 0 Å². The normalized spacial score (nSPS) is 0. The molecule has 0 aliphatic rings. The van der Waals surface area contributed by atoms with Crippen LogP contribution in [0.5, 0.6) is 0 Å². The Morgan fingerprint density at radius 3 is 1.00 bits per heavy atom. The van der Waals surface area contributed by atoms with E-state index in [0.29, 0.717) is 0 Å². The third kappa shape index (κ3) is 19.4. The Kier molecular flexibility index (Phi) is 242. The van der Waals surface area contributed by atoms with E-state index in [9.17, 15) is 0 Å². The smallest absolute Gasteiger partial charge is 0.0125 e. The van der Waals surface area contributed by atoms with Gasteiger partial charge in [-0.25, -0.2) is 0 Å². The Balaban J connectivity index is 0. The summed E-state index contributed by atoms with van der Waals surface area (Å²) in [6.07, 6.45) is 0. The molecular weight excluding hydrogens is 246 g/mol. The van der Waals surface area contributed by atoms with Crippen molar-refractivity contribution >= 4 is 28.3 Å². The third-order valence-corrected chi connectivity index (χ3v) is 0. The molecule has 0 fully saturated rings. The molecule has 0 unspecified atom stereocenters. The van der Waals surface area contributed by atoms with Crippen LogP contribution in [0.3, 0.4) is 0 Å². The average Bonchev–Trinajstić information content (AvgIpc) is 0. The fourth-order valence-electron chi connectivity index (χ4n) is 0. The van der Waals surface area contributed by atoms with Crippen molar-refractivity contribution in [2.75, 3.05) is 0 Å². The van der Waals surface area contributed by atoms with Crippen LogP contribution >= 0.6 is 0 Å². The molecule has 0 bridgehead atoms. The van der Waals surface area contributed by atoms with E-state index < -0.39 is 0 Å². The van der Waals surface area contributed by atoms with Crippen LogP contribution in [0, 0.1) is 0 Å². The van der Waals surface area contributed by atoms with Gasteiger partial charge in [0.05, 0.1) is 0 Å². The van der Waals surface area contributed by atoms with Gasteiger partial charge in [0.15, 0.2) is 17.4 Å². The fraction of sp³-hybridized carbons (Fsp3) is 0. The summed E-state index contributed by atoms with van der Waals surface area (Å²) in [7, 11) is 0. The first-order valence-corrected chi connectivity index (χ1v) is 0. The van der Waals surface area contributed by atoms with E-state index in [1.165, 1.54) is 0 Å². The summed E-state index contributed by atoms with van der Waals surface area (Å²) in [5.74, 6) is 0. The van der Waals surface area contributed by atoms with E-state index in [2.05, 4.69) is 0 Å². The first-order chi connectivity index (χ1) is 0. The summed E-state index contributed by atoms with van der Waals surface area (Å²) in [5, 5.41) is 0. The molecule has 0 saturated carbocycles. The molecule has 27 valence electrons. The maximum absolute atomic E-state index is 0. The Labute approximate surface area is 95.8 Å². The molecule has 5 heavy (non-hydrogen) atoms. The molecule has 0 aromatic carbocycles. The first kappa shape index (κ1) is 43.3. The second-order valence-electron chi connectivity index (χ2n) is 0. The Bertz CT molecular complexity index is 11.6. The van der Waals surface area contributed by atoms with Crippen LogP contribution in [-0.2, 0) is 69.1 Å². The molecule has 0 N–H and O–H groups in total. The van der Waals surface area contributed by atoms with Crippen molar-refractivity contribution in [1.29, 1.82) is 0 Å². The van der Waals surface area contributed by atoms with Crippen LogP contribution < -0.4 is 0 Å². The average molecular weight is 252 g/mol. The van der Waals surface area contributed by atoms with Gasteiger partial charge in [-0.15, -0.1) is 0 Å². The molecule has 0 atom stereocenters. The van der Waals surface area contributed by atoms with Crippen LogP contribution in [-0.4, -0.2) is 28.3 Å². The van der Waals surface area contributed by atoms with E-state index >= 15 is 0 Å². The first-order valence-electron chi connectivity index (χ1n) is 0. The van der Waals surface area contributed by atoms with Gasteiger partial charge in [0.1, 0.15) is 0 Å². The monoisotopic (exact) mass is 251 g/mol. The van der Waals surface area contributed by atoms with Gasteiger partial charge in [0.2, 0.25) is 0 Å². The van der Waals surface area contributed by atoms with Gasteiger partial charge in [0, 0.05) is 69.1 Å². The molecule has 0 aromatic heterocycles. The molecule has 0 heterocycles. The zero-order valence-electron chi connectivity index (χ0n) is 2.46. The van der Waals surface area contributed by atoms with Crippen molar-refractivity contribution < 1.29 is 69.1 Å². The second kappa shape index (κ2) is 27.9. The summed E-state index contributed by atoms with van der Waals surface area (Å²) < 4.78 is 0. The van der Waals surface area contributed by atoms with Crippen LogP contribution in [0.25, 0.3) is 0 Å². The molecule has 0 aliphatic heterocycles. The quantitative estimate of drug-likeness (QED) is 0.423. The van der Waals surface area contributed by atoms with Gasteiger partial charge >= 0.3 is 0 Å². The van der Waals surface area contributed by atoms with E-state index in [0.717, 1.165) is 0 Å². The maximum atomic E-state index is 0. The topological polar surface area (TPSA) is 0 Å². The Morgan fingerprint density at radius 1 is 1.00 bits per heavy atom. The SMILES string of the molecule is [AlH3].[Mn].[Sc].[SiH3].[Zr]. The molecule has 3 radical (unpaired) electrons. The predicted octanol–water partition coefficient (Wildman–Crippen LogP) is -2.38. The molecule has 0 rings (SSSR count). The largest absolute Gasteiger partial charge is 0.187 e. The predicted molar refractivity (Wildman–Crippen MR) is 19.9 cm³/mol. The summed E-state index contributed by atoms with van der Waals surface area (Å²) >= 11 is 0. The van der Waals surface area contributed by atoms with Gasteiger partial charge in [-0.1, -0.05) is 0 Å². The van der Waals surface area contributed by atoms with E-state index in [1.54, 1.807) is 0 Å². The molecule has 0 aromatic rings. The summed E-state index contributed by atoms with van der Waals surface area (Å²) in [6, 6.07) is 0. The van der Waals surface area contributed by atoms with Gasteiger partial charge in [-0.2, -0.15) is 0 Å². The standard InChI is InChI=1S/Al.Mn.Sc.H3Si.Zr.3H/h;;;1H3;;;;. The van der Waals surface area contributed by atoms with Gasteiger partial charge in [-0.05, 0) is 11.0 Å². The van der Waals surface area contributed by atoms with Crippen molar-refractivity contribution in [2.24, 2.45) is 0 Å². The van der Waals surface area contributed by atoms with Crippen LogP contribution in [0.4, 0.5) is 0 Å². The summed E-state index contributed by atoms with van der Waals surface area (Å²) in [6.45, 7) is 0. The number of hydrogen-bond acceptors (Lipinski definition) is 0. The van der Waals surface area contributed by atoms with Crippen molar-refractivity contribution in [3.8, 4) is 0 Å². The van der Waals surface area contributed by atoms with Gasteiger partial charge in [-0.3, -0.25) is 0 Å². The molecule has 0 amide bonds. The van der Waals surface area contributed by atoms with Crippen molar-refractivity contribution in [3.63, 3.8) is 0 Å². The van der Waals surface area contributed by atoms with Crippen molar-refractivity contribution in [1.82, 2.24) is 0 Å². The summed E-state index contributed by atoms with van der Waals surface area (Å²) in [4.78, 5) is 0. The molecule has 0 spiro atoms. The van der Waals surface area contributed by atoms with Crippen LogP contribution in [0.15, 0.2) is 0 Å². The molecule has 0 aliphatic carbocycles. The van der Waals surface area contributed by atoms with E-state index in [1.807, 2.05) is 0 Å². The minimum Gasteiger partial charge on any atom is -0.0125 e. The van der Waals surface area contributed by atoms with Gasteiger partial charge in [0.25, 0.3) is 0 Å².